The number of aromatic amines is 1. The van der Waals surface area contributed by atoms with Crippen LogP contribution in [0.4, 0.5) is 14.5 Å². The van der Waals surface area contributed by atoms with Gasteiger partial charge in [0.15, 0.2) is 5.69 Å². The van der Waals surface area contributed by atoms with E-state index in [0.29, 0.717) is 23.6 Å². The van der Waals surface area contributed by atoms with Gasteiger partial charge in [0.25, 0.3) is 12.3 Å². The van der Waals surface area contributed by atoms with Crippen LogP contribution in [-0.2, 0) is 6.54 Å². The number of carbonyl (C=O) groups excluding carboxylic acids is 1. The molecule has 0 saturated carbocycles. The van der Waals surface area contributed by atoms with E-state index in [-0.39, 0.29) is 11.6 Å². The smallest absolute Gasteiger partial charge is 0.280 e. The molecule has 2 aromatic carbocycles. The summed E-state index contributed by atoms with van der Waals surface area (Å²) in [6.07, 6.45) is -0.0686. The molecular formula is C24H23F2N5O2. The zero-order valence-corrected chi connectivity index (χ0v) is 18.3. The molecule has 9 heteroatoms. The Morgan fingerprint density at radius 3 is 2.70 bits per heavy atom. The van der Waals surface area contributed by atoms with Crippen molar-refractivity contribution in [2.45, 2.75) is 39.3 Å². The van der Waals surface area contributed by atoms with Gasteiger partial charge in [-0.05, 0) is 49.2 Å². The molecule has 7 nitrogen and oxygen atoms in total. The maximum absolute atomic E-state index is 13.5. The van der Waals surface area contributed by atoms with E-state index in [9.17, 15) is 13.6 Å². The minimum Gasteiger partial charge on any atom is -0.494 e. The predicted octanol–water partition coefficient (Wildman–Crippen LogP) is 4.87. The lowest BCUT2D eigenvalue weighted by molar-refractivity contribution is 0.0980. The lowest BCUT2D eigenvalue weighted by atomic mass is 9.98. The van der Waals surface area contributed by atoms with Crippen LogP contribution >= 0.6 is 0 Å². The Hall–Kier alpha value is -3.75. The first-order valence-electron chi connectivity index (χ1n) is 10.8. The van der Waals surface area contributed by atoms with E-state index in [0.717, 1.165) is 28.8 Å². The molecule has 1 aliphatic rings. The maximum Gasteiger partial charge on any atom is 0.280 e. The fourth-order valence-corrected chi connectivity index (χ4v) is 4.34. The van der Waals surface area contributed by atoms with Crippen LogP contribution in [0.15, 0.2) is 48.8 Å². The van der Waals surface area contributed by atoms with Crippen LogP contribution in [0.2, 0.25) is 0 Å². The van der Waals surface area contributed by atoms with E-state index in [2.05, 4.69) is 15.1 Å². The second kappa shape index (κ2) is 8.31. The van der Waals surface area contributed by atoms with Crippen molar-refractivity contribution < 1.29 is 18.3 Å². The lowest BCUT2D eigenvalue weighted by Gasteiger charge is -2.27. The number of H-pyrrole nitrogens is 1. The van der Waals surface area contributed by atoms with E-state index >= 15 is 0 Å². The highest BCUT2D eigenvalue weighted by atomic mass is 19.3. The standard InChI is InChI=1S/C24H23F2N5O2/c1-3-10-33-17-7-4-15(5-8-17)23-21-14(2)30(12-20(25)26)29-22(21)24(32)31(23)16-6-9-18-19(11-16)28-13-27-18/h4-9,11,13,20,23H,3,10,12H2,1-2H3,(H,27,28). The van der Waals surface area contributed by atoms with Gasteiger partial charge in [0.2, 0.25) is 0 Å². The Labute approximate surface area is 189 Å². The van der Waals surface area contributed by atoms with Gasteiger partial charge in [0.05, 0.1) is 30.0 Å². The average Bonchev–Trinajstić information content (AvgIpc) is 3.47. The molecule has 0 saturated heterocycles. The number of ether oxygens (including phenoxy) is 1. The van der Waals surface area contributed by atoms with E-state index in [4.69, 9.17) is 4.74 Å². The van der Waals surface area contributed by atoms with Crippen molar-refractivity contribution in [3.8, 4) is 5.75 Å². The molecule has 0 spiro atoms. The fraction of sp³-hybridized carbons (Fsp3) is 0.292. The summed E-state index contributed by atoms with van der Waals surface area (Å²) in [5.74, 6) is 0.414. The molecular weight excluding hydrogens is 428 g/mol. The van der Waals surface area contributed by atoms with Crippen molar-refractivity contribution in [1.29, 1.82) is 0 Å². The number of halogens is 2. The van der Waals surface area contributed by atoms with Gasteiger partial charge in [0.1, 0.15) is 12.3 Å². The first-order valence-corrected chi connectivity index (χ1v) is 10.8. The summed E-state index contributed by atoms with van der Waals surface area (Å²) in [6, 6.07) is 12.6. The number of carbonyl (C=O) groups is 1. The summed E-state index contributed by atoms with van der Waals surface area (Å²) >= 11 is 0. The molecule has 170 valence electrons. The largest absolute Gasteiger partial charge is 0.494 e. The molecule has 33 heavy (non-hydrogen) atoms. The highest BCUT2D eigenvalue weighted by Crippen LogP contribution is 2.43. The molecule has 0 radical (unpaired) electrons. The van der Waals surface area contributed by atoms with Crippen LogP contribution < -0.4 is 9.64 Å². The lowest BCUT2D eigenvalue weighted by Crippen LogP contribution is -2.30. The van der Waals surface area contributed by atoms with Crippen molar-refractivity contribution in [1.82, 2.24) is 19.7 Å². The van der Waals surface area contributed by atoms with E-state index < -0.39 is 19.0 Å². The van der Waals surface area contributed by atoms with Gasteiger partial charge in [-0.1, -0.05) is 19.1 Å². The van der Waals surface area contributed by atoms with E-state index in [1.165, 1.54) is 4.68 Å². The monoisotopic (exact) mass is 451 g/mol. The number of hydrogen-bond donors (Lipinski definition) is 1. The number of fused-ring (bicyclic) bond motifs is 2. The number of aromatic nitrogens is 4. The topological polar surface area (TPSA) is 76.0 Å². The van der Waals surface area contributed by atoms with Gasteiger partial charge in [0, 0.05) is 16.9 Å². The number of hydrogen-bond acceptors (Lipinski definition) is 4. The Bertz CT molecular complexity index is 1310. The van der Waals surface area contributed by atoms with Gasteiger partial charge in [-0.2, -0.15) is 5.10 Å². The number of amides is 1. The van der Waals surface area contributed by atoms with E-state index in [1.54, 1.807) is 18.2 Å². The number of nitrogens with one attached hydrogen (secondary N) is 1. The van der Waals surface area contributed by atoms with Crippen LogP contribution in [-0.4, -0.2) is 38.7 Å². The molecule has 2 aromatic heterocycles. The SMILES string of the molecule is CCCOc1ccc(C2c3c(nn(CC(F)F)c3C)C(=O)N2c2ccc3nc[nH]c3c2)cc1. The molecule has 1 atom stereocenters. The molecule has 0 bridgehead atoms. The van der Waals surface area contributed by atoms with E-state index in [1.807, 2.05) is 49.4 Å². The van der Waals surface area contributed by atoms with Gasteiger partial charge in [-0.25, -0.2) is 13.8 Å². The molecule has 1 aliphatic heterocycles. The van der Waals surface area contributed by atoms with Crippen LogP contribution in [0, 0.1) is 6.92 Å². The number of rotatable bonds is 7. The van der Waals surface area contributed by atoms with Crippen molar-refractivity contribution in [3.05, 3.63) is 71.3 Å². The maximum atomic E-state index is 13.5. The van der Waals surface area contributed by atoms with Crippen molar-refractivity contribution in [2.24, 2.45) is 0 Å². The molecule has 1 amide bonds. The van der Waals surface area contributed by atoms with Crippen molar-refractivity contribution >= 4 is 22.6 Å². The Kier molecular flexibility index (Phi) is 5.32. The summed E-state index contributed by atoms with van der Waals surface area (Å²) in [5, 5.41) is 4.27. The van der Waals surface area contributed by atoms with Gasteiger partial charge >= 0.3 is 0 Å². The van der Waals surface area contributed by atoms with Crippen LogP contribution in [0.5, 0.6) is 5.75 Å². The normalized spacial score (nSPS) is 15.6. The number of alkyl halides is 2. The highest BCUT2D eigenvalue weighted by Gasteiger charge is 2.43. The Morgan fingerprint density at radius 2 is 1.97 bits per heavy atom. The van der Waals surface area contributed by atoms with Crippen LogP contribution in [0.25, 0.3) is 11.0 Å². The second-order valence-corrected chi connectivity index (χ2v) is 8.02. The van der Waals surface area contributed by atoms with Crippen molar-refractivity contribution in [3.63, 3.8) is 0 Å². The molecule has 1 unspecified atom stereocenters. The average molecular weight is 451 g/mol. The Balaban J connectivity index is 1.62. The van der Waals surface area contributed by atoms with Gasteiger partial charge in [-0.15, -0.1) is 0 Å². The predicted molar refractivity (Wildman–Crippen MR) is 120 cm³/mol. The number of imidazole rings is 1. The summed E-state index contributed by atoms with van der Waals surface area (Å²) in [7, 11) is 0. The van der Waals surface area contributed by atoms with Gasteiger partial charge in [-0.3, -0.25) is 14.4 Å². The first kappa shape index (κ1) is 21.1. The summed E-state index contributed by atoms with van der Waals surface area (Å²) in [4.78, 5) is 22.5. The van der Waals surface area contributed by atoms with Crippen LogP contribution in [0.1, 0.15) is 46.7 Å². The minimum absolute atomic E-state index is 0.203. The quantitative estimate of drug-likeness (QED) is 0.435. The fourth-order valence-electron chi connectivity index (χ4n) is 4.34. The number of benzene rings is 2. The third kappa shape index (κ3) is 3.63. The molecule has 5 rings (SSSR count). The summed E-state index contributed by atoms with van der Waals surface area (Å²) < 4.78 is 33.1. The minimum atomic E-state index is -2.56. The first-order chi connectivity index (χ1) is 16.0. The van der Waals surface area contributed by atoms with Crippen molar-refractivity contribution in [2.75, 3.05) is 11.5 Å². The third-order valence-corrected chi connectivity index (χ3v) is 5.87. The summed E-state index contributed by atoms with van der Waals surface area (Å²) in [5.41, 5.74) is 4.50. The highest BCUT2D eigenvalue weighted by molar-refractivity contribution is 6.11. The molecule has 0 fully saturated rings. The summed E-state index contributed by atoms with van der Waals surface area (Å²) in [6.45, 7) is 3.83. The molecule has 1 N–H and O–H groups in total. The molecule has 4 aromatic rings. The number of anilines is 1. The molecule has 3 heterocycles. The molecule has 0 aliphatic carbocycles. The Morgan fingerprint density at radius 1 is 1.18 bits per heavy atom. The van der Waals surface area contributed by atoms with Gasteiger partial charge < -0.3 is 9.72 Å². The third-order valence-electron chi connectivity index (χ3n) is 5.87. The zero-order valence-electron chi connectivity index (χ0n) is 18.3. The van der Waals surface area contributed by atoms with Crippen LogP contribution in [0.3, 0.4) is 0 Å². The zero-order chi connectivity index (χ0) is 23.1. The second-order valence-electron chi connectivity index (χ2n) is 8.02. The number of nitrogens with zero attached hydrogens (tertiary/aromatic N) is 4.